The SMILES string of the molecule is COc1ccccc1CCC(=O)N1CCC[C@@H](CCC(=O)Nc2ccc(F)cc2C)C1. The molecule has 2 amide bonds. The molecule has 2 aromatic carbocycles. The van der Waals surface area contributed by atoms with Crippen molar-refractivity contribution in [3.05, 3.63) is 59.4 Å². The number of halogens is 1. The monoisotopic (exact) mass is 426 g/mol. The molecular weight excluding hydrogens is 395 g/mol. The Morgan fingerprint density at radius 1 is 1.19 bits per heavy atom. The quantitative estimate of drug-likeness (QED) is 0.664. The van der Waals surface area contributed by atoms with Crippen molar-refractivity contribution in [2.75, 3.05) is 25.5 Å². The number of anilines is 1. The molecule has 2 aromatic rings. The van der Waals surface area contributed by atoms with E-state index in [1.807, 2.05) is 29.2 Å². The van der Waals surface area contributed by atoms with E-state index in [-0.39, 0.29) is 17.6 Å². The van der Waals surface area contributed by atoms with Crippen LogP contribution in [0.1, 0.15) is 43.2 Å². The molecule has 1 heterocycles. The van der Waals surface area contributed by atoms with Crippen molar-refractivity contribution < 1.29 is 18.7 Å². The molecule has 166 valence electrons. The Morgan fingerprint density at radius 3 is 2.77 bits per heavy atom. The molecule has 1 atom stereocenters. The molecule has 0 bridgehead atoms. The van der Waals surface area contributed by atoms with Crippen molar-refractivity contribution >= 4 is 17.5 Å². The maximum Gasteiger partial charge on any atom is 0.224 e. The van der Waals surface area contributed by atoms with Gasteiger partial charge in [-0.15, -0.1) is 0 Å². The minimum absolute atomic E-state index is 0.0747. The highest BCUT2D eigenvalue weighted by Gasteiger charge is 2.24. The average molecular weight is 427 g/mol. The first-order valence-corrected chi connectivity index (χ1v) is 10.9. The predicted octanol–water partition coefficient (Wildman–Crippen LogP) is 4.73. The molecule has 0 spiro atoms. The normalized spacial score (nSPS) is 16.1. The fourth-order valence-electron chi connectivity index (χ4n) is 4.15. The van der Waals surface area contributed by atoms with Gasteiger partial charge < -0.3 is 15.0 Å². The number of ether oxygens (including phenoxy) is 1. The Bertz CT molecular complexity index is 915. The van der Waals surface area contributed by atoms with Crippen molar-refractivity contribution in [3.8, 4) is 5.75 Å². The summed E-state index contributed by atoms with van der Waals surface area (Å²) in [6.45, 7) is 3.25. The highest BCUT2D eigenvalue weighted by Crippen LogP contribution is 2.24. The van der Waals surface area contributed by atoms with Crippen molar-refractivity contribution in [3.63, 3.8) is 0 Å². The summed E-state index contributed by atoms with van der Waals surface area (Å²) in [5, 5.41) is 2.86. The third-order valence-corrected chi connectivity index (χ3v) is 5.91. The number of carbonyl (C=O) groups is 2. The van der Waals surface area contributed by atoms with Gasteiger partial charge in [-0.3, -0.25) is 9.59 Å². The van der Waals surface area contributed by atoms with Crippen LogP contribution in [0.2, 0.25) is 0 Å². The summed E-state index contributed by atoms with van der Waals surface area (Å²) in [6.07, 6.45) is 4.23. The van der Waals surface area contributed by atoms with E-state index in [0.717, 1.165) is 37.1 Å². The lowest BCUT2D eigenvalue weighted by atomic mass is 9.93. The van der Waals surface area contributed by atoms with Gasteiger partial charge in [0.25, 0.3) is 0 Å². The van der Waals surface area contributed by atoms with Crippen LogP contribution in [0.4, 0.5) is 10.1 Å². The van der Waals surface area contributed by atoms with E-state index in [0.29, 0.717) is 43.0 Å². The third kappa shape index (κ3) is 6.54. The number of nitrogens with zero attached hydrogens (tertiary/aromatic N) is 1. The molecule has 1 fully saturated rings. The van der Waals surface area contributed by atoms with Crippen molar-refractivity contribution in [1.29, 1.82) is 0 Å². The zero-order valence-electron chi connectivity index (χ0n) is 18.3. The first-order valence-electron chi connectivity index (χ1n) is 10.9. The van der Waals surface area contributed by atoms with E-state index in [2.05, 4.69) is 5.32 Å². The molecular formula is C25H31FN2O3. The second-order valence-electron chi connectivity index (χ2n) is 8.21. The number of aryl methyl sites for hydroxylation is 2. The molecule has 1 aliphatic heterocycles. The van der Waals surface area contributed by atoms with Crippen molar-refractivity contribution in [2.45, 2.75) is 45.4 Å². The number of nitrogens with one attached hydrogen (secondary N) is 1. The van der Waals surface area contributed by atoms with Crippen molar-refractivity contribution in [1.82, 2.24) is 4.90 Å². The smallest absolute Gasteiger partial charge is 0.224 e. The molecule has 5 nitrogen and oxygen atoms in total. The van der Waals surface area contributed by atoms with Gasteiger partial charge in [0, 0.05) is 31.6 Å². The van der Waals surface area contributed by atoms with Crippen LogP contribution in [-0.4, -0.2) is 36.9 Å². The van der Waals surface area contributed by atoms with Crippen LogP contribution in [0.15, 0.2) is 42.5 Å². The second-order valence-corrected chi connectivity index (χ2v) is 8.21. The van der Waals surface area contributed by atoms with Crippen LogP contribution in [-0.2, 0) is 16.0 Å². The van der Waals surface area contributed by atoms with Crippen LogP contribution in [0.25, 0.3) is 0 Å². The number of amides is 2. The summed E-state index contributed by atoms with van der Waals surface area (Å²) in [5.41, 5.74) is 2.39. The summed E-state index contributed by atoms with van der Waals surface area (Å²) >= 11 is 0. The molecule has 0 aromatic heterocycles. The molecule has 1 N–H and O–H groups in total. The highest BCUT2D eigenvalue weighted by molar-refractivity contribution is 5.91. The number of piperidine rings is 1. The number of rotatable bonds is 8. The maximum atomic E-state index is 13.2. The lowest BCUT2D eigenvalue weighted by Gasteiger charge is -2.33. The molecule has 1 saturated heterocycles. The number of hydrogen-bond donors (Lipinski definition) is 1. The van der Waals surface area contributed by atoms with Crippen LogP contribution in [0.5, 0.6) is 5.75 Å². The Hall–Kier alpha value is -2.89. The fourth-order valence-corrected chi connectivity index (χ4v) is 4.15. The van der Waals surface area contributed by atoms with E-state index in [9.17, 15) is 14.0 Å². The Kier molecular flexibility index (Phi) is 8.04. The maximum absolute atomic E-state index is 13.2. The minimum atomic E-state index is -0.312. The molecule has 0 saturated carbocycles. The first-order chi connectivity index (χ1) is 15.0. The van der Waals surface area contributed by atoms with Gasteiger partial charge in [-0.05, 0) is 73.9 Å². The van der Waals surface area contributed by atoms with Gasteiger partial charge in [0.1, 0.15) is 11.6 Å². The molecule has 0 radical (unpaired) electrons. The molecule has 6 heteroatoms. The largest absolute Gasteiger partial charge is 0.496 e. The summed E-state index contributed by atoms with van der Waals surface area (Å²) in [5.74, 6) is 0.905. The number of likely N-dealkylation sites (tertiary alicyclic amines) is 1. The van der Waals surface area contributed by atoms with Gasteiger partial charge in [0.05, 0.1) is 7.11 Å². The van der Waals surface area contributed by atoms with Crippen LogP contribution >= 0.6 is 0 Å². The van der Waals surface area contributed by atoms with Crippen LogP contribution in [0, 0.1) is 18.7 Å². The van der Waals surface area contributed by atoms with Crippen LogP contribution in [0.3, 0.4) is 0 Å². The molecule has 0 aliphatic carbocycles. The van der Waals surface area contributed by atoms with Gasteiger partial charge >= 0.3 is 0 Å². The minimum Gasteiger partial charge on any atom is -0.496 e. The summed E-state index contributed by atoms with van der Waals surface area (Å²) in [6, 6.07) is 12.1. The Labute approximate surface area is 183 Å². The first kappa shape index (κ1) is 22.8. The Morgan fingerprint density at radius 2 is 2.00 bits per heavy atom. The third-order valence-electron chi connectivity index (χ3n) is 5.91. The zero-order chi connectivity index (χ0) is 22.2. The average Bonchev–Trinajstić information content (AvgIpc) is 2.78. The zero-order valence-corrected chi connectivity index (χ0v) is 18.3. The molecule has 31 heavy (non-hydrogen) atoms. The number of methoxy groups -OCH3 is 1. The number of hydrogen-bond acceptors (Lipinski definition) is 3. The molecule has 1 aliphatic rings. The van der Waals surface area contributed by atoms with Gasteiger partial charge in [0.15, 0.2) is 0 Å². The Balaban J connectivity index is 1.45. The van der Waals surface area contributed by atoms with Crippen LogP contribution < -0.4 is 10.1 Å². The van der Waals surface area contributed by atoms with Gasteiger partial charge in [-0.1, -0.05) is 18.2 Å². The molecule has 3 rings (SSSR count). The summed E-state index contributed by atoms with van der Waals surface area (Å²) < 4.78 is 18.6. The number of benzene rings is 2. The topological polar surface area (TPSA) is 58.6 Å². The van der Waals surface area contributed by atoms with E-state index in [1.165, 1.54) is 12.1 Å². The highest BCUT2D eigenvalue weighted by atomic mass is 19.1. The van der Waals surface area contributed by atoms with Gasteiger partial charge in [-0.2, -0.15) is 0 Å². The second kappa shape index (κ2) is 10.9. The molecule has 0 unspecified atom stereocenters. The lowest BCUT2D eigenvalue weighted by Crippen LogP contribution is -2.40. The fraction of sp³-hybridized carbons (Fsp3) is 0.440. The number of para-hydroxylation sites is 1. The van der Waals surface area contributed by atoms with E-state index < -0.39 is 0 Å². The lowest BCUT2D eigenvalue weighted by molar-refractivity contribution is -0.133. The van der Waals surface area contributed by atoms with E-state index >= 15 is 0 Å². The van der Waals surface area contributed by atoms with Gasteiger partial charge in [0.2, 0.25) is 11.8 Å². The standard InChI is InChI=1S/C25H31FN2O3/c1-18-16-21(26)11-12-22(18)27-24(29)13-9-19-6-5-15-28(17-19)25(30)14-10-20-7-3-4-8-23(20)31-2/h3-4,7-8,11-12,16,19H,5-6,9-10,13-15,17H2,1-2H3,(H,27,29)/t19-/m0/s1. The van der Waals surface area contributed by atoms with E-state index in [1.54, 1.807) is 20.1 Å². The summed E-state index contributed by atoms with van der Waals surface area (Å²) in [7, 11) is 1.64. The predicted molar refractivity (Wildman–Crippen MR) is 120 cm³/mol. The van der Waals surface area contributed by atoms with E-state index in [4.69, 9.17) is 4.74 Å². The summed E-state index contributed by atoms with van der Waals surface area (Å²) in [4.78, 5) is 27.0. The number of carbonyl (C=O) groups excluding carboxylic acids is 2. The van der Waals surface area contributed by atoms with Crippen molar-refractivity contribution in [2.24, 2.45) is 5.92 Å². The van der Waals surface area contributed by atoms with Gasteiger partial charge in [-0.25, -0.2) is 4.39 Å².